The first-order valence-corrected chi connectivity index (χ1v) is 8.84. The number of para-hydroxylation sites is 1. The van der Waals surface area contributed by atoms with Crippen LogP contribution in [0.25, 0.3) is 16.9 Å². The molecule has 0 atom stereocenters. The molecule has 134 valence electrons. The Balaban J connectivity index is 1.86. The molecule has 0 aliphatic carbocycles. The fraction of sp³-hybridized carbons (Fsp3) is 0.0870. The van der Waals surface area contributed by atoms with E-state index in [1.54, 1.807) is 11.8 Å². The van der Waals surface area contributed by atoms with Crippen molar-refractivity contribution in [2.75, 3.05) is 7.11 Å². The summed E-state index contributed by atoms with van der Waals surface area (Å²) in [5, 5.41) is 3.30. The summed E-state index contributed by atoms with van der Waals surface area (Å²) in [7, 11) is 1.64. The van der Waals surface area contributed by atoms with E-state index >= 15 is 0 Å². The largest absolute Gasteiger partial charge is 0.497 e. The molecule has 4 heteroatoms. The zero-order valence-electron chi connectivity index (χ0n) is 15.1. The summed E-state index contributed by atoms with van der Waals surface area (Å²) in [6, 6.07) is 27.4. The number of H-pyrrole nitrogens is 1. The maximum absolute atomic E-state index is 13.2. The first kappa shape index (κ1) is 16.9. The molecule has 0 radical (unpaired) electrons. The molecule has 1 aromatic heterocycles. The lowest BCUT2D eigenvalue weighted by molar-refractivity contribution is 0.415. The minimum Gasteiger partial charge on any atom is -0.497 e. The lowest BCUT2D eigenvalue weighted by atomic mass is 10.0. The summed E-state index contributed by atoms with van der Waals surface area (Å²) in [5.41, 5.74) is 4.41. The van der Waals surface area contributed by atoms with Gasteiger partial charge in [0, 0.05) is 17.5 Å². The number of rotatable bonds is 5. The number of nitrogens with zero attached hydrogens (tertiary/aromatic N) is 1. The lowest BCUT2D eigenvalue weighted by Crippen LogP contribution is -2.17. The fourth-order valence-corrected chi connectivity index (χ4v) is 3.19. The molecule has 1 N–H and O–H groups in total. The van der Waals surface area contributed by atoms with Gasteiger partial charge in [-0.05, 0) is 42.0 Å². The summed E-state index contributed by atoms with van der Waals surface area (Å²) in [4.78, 5) is 13.2. The van der Waals surface area contributed by atoms with E-state index in [-0.39, 0.29) is 5.56 Å². The Morgan fingerprint density at radius 1 is 0.852 bits per heavy atom. The summed E-state index contributed by atoms with van der Waals surface area (Å²) in [5.74, 6) is 0.785. The van der Waals surface area contributed by atoms with Crippen LogP contribution in [0.15, 0.2) is 89.7 Å². The molecular formula is C23H20N2O2. The molecule has 0 aliphatic rings. The lowest BCUT2D eigenvalue weighted by Gasteiger charge is -2.05. The van der Waals surface area contributed by atoms with Crippen LogP contribution < -0.4 is 10.3 Å². The van der Waals surface area contributed by atoms with Crippen molar-refractivity contribution < 1.29 is 4.74 Å². The van der Waals surface area contributed by atoms with Crippen LogP contribution in [0.3, 0.4) is 0 Å². The molecule has 0 aliphatic heterocycles. The third kappa shape index (κ3) is 3.42. The molecule has 27 heavy (non-hydrogen) atoms. The molecular weight excluding hydrogens is 336 g/mol. The number of hydrogen-bond acceptors (Lipinski definition) is 2. The molecule has 4 nitrogen and oxygen atoms in total. The van der Waals surface area contributed by atoms with Crippen molar-refractivity contribution >= 4 is 0 Å². The van der Waals surface area contributed by atoms with Gasteiger partial charge in [0.25, 0.3) is 5.56 Å². The van der Waals surface area contributed by atoms with Gasteiger partial charge in [-0.15, -0.1) is 0 Å². The Morgan fingerprint density at radius 3 is 2.11 bits per heavy atom. The zero-order chi connectivity index (χ0) is 18.6. The van der Waals surface area contributed by atoms with Crippen molar-refractivity contribution in [1.82, 2.24) is 9.78 Å². The van der Waals surface area contributed by atoms with Crippen molar-refractivity contribution in [3.05, 3.63) is 106 Å². The van der Waals surface area contributed by atoms with Gasteiger partial charge in [0.15, 0.2) is 0 Å². The monoisotopic (exact) mass is 356 g/mol. The minimum atomic E-state index is -0.0316. The highest BCUT2D eigenvalue weighted by atomic mass is 16.5. The molecule has 0 saturated carbocycles. The van der Waals surface area contributed by atoms with Gasteiger partial charge in [-0.2, -0.15) is 0 Å². The van der Waals surface area contributed by atoms with E-state index < -0.39 is 0 Å². The van der Waals surface area contributed by atoms with E-state index in [4.69, 9.17) is 4.74 Å². The molecule has 0 amide bonds. The number of methoxy groups -OCH3 is 1. The van der Waals surface area contributed by atoms with Gasteiger partial charge < -0.3 is 4.74 Å². The number of nitrogens with one attached hydrogen (secondary N) is 1. The van der Waals surface area contributed by atoms with Crippen LogP contribution in [0.2, 0.25) is 0 Å². The van der Waals surface area contributed by atoms with E-state index in [9.17, 15) is 4.79 Å². The quantitative estimate of drug-likeness (QED) is 0.575. The van der Waals surface area contributed by atoms with E-state index in [0.717, 1.165) is 33.8 Å². The molecule has 1 heterocycles. The topological polar surface area (TPSA) is 47.0 Å². The average molecular weight is 356 g/mol. The van der Waals surface area contributed by atoms with Crippen LogP contribution in [0, 0.1) is 0 Å². The van der Waals surface area contributed by atoms with Crippen LogP contribution in [-0.2, 0) is 6.42 Å². The van der Waals surface area contributed by atoms with Gasteiger partial charge in [0.05, 0.1) is 18.5 Å². The summed E-state index contributed by atoms with van der Waals surface area (Å²) in [6.45, 7) is 0. The minimum absolute atomic E-state index is 0.0316. The molecule has 0 saturated heterocycles. The highest BCUT2D eigenvalue weighted by Crippen LogP contribution is 2.25. The Bertz CT molecular complexity index is 1080. The normalized spacial score (nSPS) is 10.7. The van der Waals surface area contributed by atoms with Crippen LogP contribution in [0.1, 0.15) is 11.1 Å². The van der Waals surface area contributed by atoms with E-state index in [1.165, 1.54) is 0 Å². The third-order valence-electron chi connectivity index (χ3n) is 4.60. The SMILES string of the molecule is COc1ccc(-c2[nH]n(-c3ccccc3)c(=O)c2Cc2ccccc2)cc1. The second-order valence-corrected chi connectivity index (χ2v) is 6.33. The van der Waals surface area contributed by atoms with Crippen molar-refractivity contribution in [2.24, 2.45) is 0 Å². The standard InChI is InChI=1S/C23H20N2O2/c1-27-20-14-12-18(13-15-20)22-21(16-17-8-4-2-5-9-17)23(26)25(24-22)19-10-6-3-7-11-19/h2-15,24H,16H2,1H3. The molecule has 0 fully saturated rings. The molecule has 4 aromatic rings. The molecule has 0 spiro atoms. The van der Waals surface area contributed by atoms with Crippen LogP contribution in [0.5, 0.6) is 5.75 Å². The predicted molar refractivity (Wildman–Crippen MR) is 108 cm³/mol. The van der Waals surface area contributed by atoms with Crippen molar-refractivity contribution in [3.8, 4) is 22.7 Å². The van der Waals surface area contributed by atoms with E-state index in [2.05, 4.69) is 5.10 Å². The molecule has 0 unspecified atom stereocenters. The van der Waals surface area contributed by atoms with Gasteiger partial charge in [0.1, 0.15) is 5.75 Å². The maximum atomic E-state index is 13.2. The van der Waals surface area contributed by atoms with Gasteiger partial charge in [0.2, 0.25) is 0 Å². The molecule has 4 rings (SSSR count). The van der Waals surface area contributed by atoms with Crippen molar-refractivity contribution in [1.29, 1.82) is 0 Å². The fourth-order valence-electron chi connectivity index (χ4n) is 3.19. The third-order valence-corrected chi connectivity index (χ3v) is 4.60. The Hall–Kier alpha value is -3.53. The van der Waals surface area contributed by atoms with Gasteiger partial charge >= 0.3 is 0 Å². The Kier molecular flexibility index (Phi) is 4.62. The Labute approximate surface area is 157 Å². The van der Waals surface area contributed by atoms with Crippen LogP contribution in [0.4, 0.5) is 0 Å². The van der Waals surface area contributed by atoms with E-state index in [0.29, 0.717) is 6.42 Å². The highest BCUT2D eigenvalue weighted by Gasteiger charge is 2.17. The number of aromatic amines is 1. The number of benzene rings is 3. The Morgan fingerprint density at radius 2 is 1.48 bits per heavy atom. The van der Waals surface area contributed by atoms with Gasteiger partial charge in [-0.25, -0.2) is 4.68 Å². The predicted octanol–water partition coefficient (Wildman–Crippen LogP) is 4.43. The summed E-state index contributed by atoms with van der Waals surface area (Å²) in [6.07, 6.45) is 0.567. The van der Waals surface area contributed by atoms with Crippen molar-refractivity contribution in [2.45, 2.75) is 6.42 Å². The van der Waals surface area contributed by atoms with Crippen LogP contribution in [-0.4, -0.2) is 16.9 Å². The number of aromatic nitrogens is 2. The van der Waals surface area contributed by atoms with Gasteiger partial charge in [-0.3, -0.25) is 9.89 Å². The van der Waals surface area contributed by atoms with E-state index in [1.807, 2.05) is 84.9 Å². The molecule has 0 bridgehead atoms. The van der Waals surface area contributed by atoms with Crippen molar-refractivity contribution in [3.63, 3.8) is 0 Å². The smallest absolute Gasteiger partial charge is 0.275 e. The van der Waals surface area contributed by atoms with Crippen LogP contribution >= 0.6 is 0 Å². The van der Waals surface area contributed by atoms with Gasteiger partial charge in [-0.1, -0.05) is 48.5 Å². The number of ether oxygens (including phenoxy) is 1. The second kappa shape index (κ2) is 7.38. The first-order valence-electron chi connectivity index (χ1n) is 8.84. The average Bonchev–Trinajstić information content (AvgIpc) is 3.06. The maximum Gasteiger partial charge on any atom is 0.275 e. The first-order chi connectivity index (χ1) is 13.3. The zero-order valence-corrected chi connectivity index (χ0v) is 15.1. The highest BCUT2D eigenvalue weighted by molar-refractivity contribution is 5.64. The summed E-state index contributed by atoms with van der Waals surface area (Å²) < 4.78 is 6.86. The summed E-state index contributed by atoms with van der Waals surface area (Å²) >= 11 is 0. The second-order valence-electron chi connectivity index (χ2n) is 6.33. The molecule has 3 aromatic carbocycles. The number of hydrogen-bond donors (Lipinski definition) is 1.